The normalized spacial score (nSPS) is 19.8. The van der Waals surface area contributed by atoms with E-state index in [1.54, 1.807) is 21.8 Å². The summed E-state index contributed by atoms with van der Waals surface area (Å²) in [5.74, 6) is 0.846. The quantitative estimate of drug-likeness (QED) is 0.614. The fourth-order valence-corrected chi connectivity index (χ4v) is 5.92. The van der Waals surface area contributed by atoms with Crippen LogP contribution in [-0.4, -0.2) is 78.9 Å². The molecule has 4 rings (SSSR count). The predicted octanol–water partition coefficient (Wildman–Crippen LogP) is 1.63. The standard InChI is InChI=1S/C21H29N5O5S/c1-30-19-8-7-17(12-20(19)31-2)32(28,29)26-11-5-6-16(14-26)13-25-15-18(22-23-25)21(27)24-9-3-4-10-24/h7-8,12,15-16H,3-6,9-11,13-14H2,1-2H3. The number of methoxy groups -OCH3 is 2. The third kappa shape index (κ3) is 4.58. The maximum Gasteiger partial charge on any atom is 0.276 e. The van der Waals surface area contributed by atoms with Crippen LogP contribution in [0.4, 0.5) is 0 Å². The van der Waals surface area contributed by atoms with E-state index in [0.29, 0.717) is 36.8 Å². The maximum atomic E-state index is 13.2. The lowest BCUT2D eigenvalue weighted by Crippen LogP contribution is -2.41. The fraction of sp³-hybridized carbons (Fsp3) is 0.571. The molecule has 1 aromatic carbocycles. The van der Waals surface area contributed by atoms with E-state index in [4.69, 9.17) is 9.47 Å². The second-order valence-electron chi connectivity index (χ2n) is 8.21. The molecule has 1 aromatic heterocycles. The zero-order valence-electron chi connectivity index (χ0n) is 18.4. The lowest BCUT2D eigenvalue weighted by Gasteiger charge is -2.31. The van der Waals surface area contributed by atoms with Gasteiger partial charge in [-0.15, -0.1) is 5.10 Å². The average molecular weight is 464 g/mol. The predicted molar refractivity (Wildman–Crippen MR) is 116 cm³/mol. The van der Waals surface area contributed by atoms with Crippen LogP contribution in [0.3, 0.4) is 0 Å². The van der Waals surface area contributed by atoms with Crippen molar-refractivity contribution >= 4 is 15.9 Å². The summed E-state index contributed by atoms with van der Waals surface area (Å²) in [5, 5.41) is 8.15. The van der Waals surface area contributed by atoms with Crippen LogP contribution in [0.2, 0.25) is 0 Å². The van der Waals surface area contributed by atoms with Crippen molar-refractivity contribution in [2.45, 2.75) is 37.1 Å². The summed E-state index contributed by atoms with van der Waals surface area (Å²) in [6, 6.07) is 4.63. The summed E-state index contributed by atoms with van der Waals surface area (Å²) in [7, 11) is -0.685. The van der Waals surface area contributed by atoms with Crippen molar-refractivity contribution in [1.29, 1.82) is 0 Å². The molecule has 11 heteroatoms. The third-order valence-electron chi connectivity index (χ3n) is 6.07. The third-order valence-corrected chi connectivity index (χ3v) is 7.93. The molecule has 2 aromatic rings. The number of nitrogens with zero attached hydrogens (tertiary/aromatic N) is 5. The van der Waals surface area contributed by atoms with Crippen molar-refractivity contribution < 1.29 is 22.7 Å². The van der Waals surface area contributed by atoms with Gasteiger partial charge in [0.25, 0.3) is 5.91 Å². The van der Waals surface area contributed by atoms with E-state index in [1.807, 2.05) is 0 Å². The topological polar surface area (TPSA) is 107 Å². The number of likely N-dealkylation sites (tertiary alicyclic amines) is 1. The Morgan fingerprint density at radius 3 is 2.56 bits per heavy atom. The number of hydrogen-bond acceptors (Lipinski definition) is 7. The highest BCUT2D eigenvalue weighted by Gasteiger charge is 2.31. The van der Waals surface area contributed by atoms with E-state index in [1.165, 1.54) is 30.7 Å². The lowest BCUT2D eigenvalue weighted by atomic mass is 10.00. The van der Waals surface area contributed by atoms with Crippen LogP contribution >= 0.6 is 0 Å². The number of sulfonamides is 1. The Hall–Kier alpha value is -2.66. The highest BCUT2D eigenvalue weighted by Crippen LogP contribution is 2.32. The van der Waals surface area contributed by atoms with Gasteiger partial charge in [0.2, 0.25) is 10.0 Å². The fourth-order valence-electron chi connectivity index (χ4n) is 4.35. The molecule has 0 saturated carbocycles. The molecule has 32 heavy (non-hydrogen) atoms. The largest absolute Gasteiger partial charge is 0.493 e. The van der Waals surface area contributed by atoms with Crippen LogP contribution < -0.4 is 9.47 Å². The number of aromatic nitrogens is 3. The van der Waals surface area contributed by atoms with Gasteiger partial charge in [-0.25, -0.2) is 8.42 Å². The summed E-state index contributed by atoms with van der Waals surface area (Å²) in [4.78, 5) is 14.5. The van der Waals surface area contributed by atoms with Gasteiger partial charge in [-0.3, -0.25) is 9.48 Å². The van der Waals surface area contributed by atoms with E-state index in [0.717, 1.165) is 38.8 Å². The molecule has 2 aliphatic rings. The van der Waals surface area contributed by atoms with Crippen molar-refractivity contribution in [3.8, 4) is 11.5 Å². The van der Waals surface area contributed by atoms with E-state index in [2.05, 4.69) is 10.3 Å². The molecule has 0 aliphatic carbocycles. The van der Waals surface area contributed by atoms with E-state index in [-0.39, 0.29) is 16.7 Å². The smallest absolute Gasteiger partial charge is 0.276 e. The Bertz CT molecular complexity index is 1060. The molecule has 1 unspecified atom stereocenters. The number of hydrogen-bond donors (Lipinski definition) is 0. The SMILES string of the molecule is COc1ccc(S(=O)(=O)N2CCCC(Cn3cc(C(=O)N4CCCC4)nn3)C2)cc1OC. The molecule has 2 aliphatic heterocycles. The summed E-state index contributed by atoms with van der Waals surface area (Å²) in [6.07, 6.45) is 5.35. The molecule has 2 fully saturated rings. The molecule has 1 amide bonds. The van der Waals surface area contributed by atoms with Gasteiger partial charge >= 0.3 is 0 Å². The Kier molecular flexibility index (Phi) is 6.66. The number of carbonyl (C=O) groups excluding carboxylic acids is 1. The van der Waals surface area contributed by atoms with Gasteiger partial charge in [0.05, 0.1) is 25.3 Å². The first-order valence-corrected chi connectivity index (χ1v) is 12.3. The molecule has 10 nitrogen and oxygen atoms in total. The Balaban J connectivity index is 1.44. The van der Waals surface area contributed by atoms with Gasteiger partial charge in [0.1, 0.15) is 0 Å². The average Bonchev–Trinajstić information content (AvgIpc) is 3.51. The molecular weight excluding hydrogens is 434 g/mol. The molecule has 0 radical (unpaired) electrons. The van der Waals surface area contributed by atoms with Gasteiger partial charge in [-0.1, -0.05) is 5.21 Å². The van der Waals surface area contributed by atoms with Crippen LogP contribution in [0.5, 0.6) is 11.5 Å². The summed E-state index contributed by atoms with van der Waals surface area (Å²) in [6.45, 7) is 2.88. The van der Waals surface area contributed by atoms with Gasteiger partial charge in [-0.05, 0) is 43.7 Å². The van der Waals surface area contributed by atoms with Gasteiger partial charge in [-0.2, -0.15) is 4.31 Å². The molecule has 174 valence electrons. The highest BCUT2D eigenvalue weighted by atomic mass is 32.2. The molecule has 0 spiro atoms. The molecule has 1 atom stereocenters. The number of benzene rings is 1. The van der Waals surface area contributed by atoms with Crippen LogP contribution in [0.15, 0.2) is 29.3 Å². The Labute approximate surface area is 188 Å². The van der Waals surface area contributed by atoms with Gasteiger partial charge in [0.15, 0.2) is 17.2 Å². The van der Waals surface area contributed by atoms with Crippen LogP contribution in [0.25, 0.3) is 0 Å². The van der Waals surface area contributed by atoms with Crippen LogP contribution in [0.1, 0.15) is 36.2 Å². The first-order valence-electron chi connectivity index (χ1n) is 10.8. The highest BCUT2D eigenvalue weighted by molar-refractivity contribution is 7.89. The minimum absolute atomic E-state index is 0.0788. The molecule has 0 bridgehead atoms. The first kappa shape index (κ1) is 22.5. The maximum absolute atomic E-state index is 13.2. The van der Waals surface area contributed by atoms with Crippen molar-refractivity contribution in [3.63, 3.8) is 0 Å². The molecular formula is C21H29N5O5S. The monoisotopic (exact) mass is 463 g/mol. The summed E-state index contributed by atoms with van der Waals surface area (Å²) < 4.78 is 40.1. The second kappa shape index (κ2) is 9.45. The van der Waals surface area contributed by atoms with Crippen molar-refractivity contribution in [2.75, 3.05) is 40.4 Å². The molecule has 2 saturated heterocycles. The number of carbonyl (C=O) groups is 1. The Morgan fingerprint density at radius 1 is 1.09 bits per heavy atom. The minimum Gasteiger partial charge on any atom is -0.493 e. The van der Waals surface area contributed by atoms with Crippen LogP contribution in [-0.2, 0) is 16.6 Å². The lowest BCUT2D eigenvalue weighted by molar-refractivity contribution is 0.0787. The summed E-state index contributed by atoms with van der Waals surface area (Å²) in [5.41, 5.74) is 0.345. The van der Waals surface area contributed by atoms with E-state index in [9.17, 15) is 13.2 Å². The zero-order chi connectivity index (χ0) is 22.7. The summed E-state index contributed by atoms with van der Waals surface area (Å²) >= 11 is 0. The zero-order valence-corrected chi connectivity index (χ0v) is 19.3. The number of piperidine rings is 1. The second-order valence-corrected chi connectivity index (χ2v) is 10.2. The van der Waals surface area contributed by atoms with Gasteiger partial charge < -0.3 is 14.4 Å². The Morgan fingerprint density at radius 2 is 1.84 bits per heavy atom. The van der Waals surface area contributed by atoms with Gasteiger partial charge in [0, 0.05) is 38.8 Å². The first-order chi connectivity index (χ1) is 15.4. The van der Waals surface area contributed by atoms with Crippen LogP contribution in [0, 0.1) is 5.92 Å². The van der Waals surface area contributed by atoms with Crippen molar-refractivity contribution in [2.24, 2.45) is 5.92 Å². The van der Waals surface area contributed by atoms with E-state index < -0.39 is 10.0 Å². The van der Waals surface area contributed by atoms with Crippen molar-refractivity contribution in [3.05, 3.63) is 30.1 Å². The van der Waals surface area contributed by atoms with Crippen molar-refractivity contribution in [1.82, 2.24) is 24.2 Å². The molecule has 0 N–H and O–H groups in total. The molecule has 3 heterocycles. The number of amides is 1. The minimum atomic E-state index is -3.67. The number of rotatable bonds is 7. The van der Waals surface area contributed by atoms with E-state index >= 15 is 0 Å². The number of ether oxygens (including phenoxy) is 2.